The fourth-order valence-corrected chi connectivity index (χ4v) is 4.29. The molecule has 30 heavy (non-hydrogen) atoms. The van der Waals surface area contributed by atoms with Crippen LogP contribution in [0.15, 0.2) is 23.0 Å². The molecule has 4 rings (SSSR count). The lowest BCUT2D eigenvalue weighted by Crippen LogP contribution is -2.40. The van der Waals surface area contributed by atoms with Crippen LogP contribution in [0.25, 0.3) is 0 Å². The van der Waals surface area contributed by atoms with Gasteiger partial charge in [0.2, 0.25) is 17.8 Å². The molecule has 0 saturated carbocycles. The van der Waals surface area contributed by atoms with E-state index in [4.69, 9.17) is 0 Å². The van der Waals surface area contributed by atoms with Gasteiger partial charge in [0, 0.05) is 25.2 Å². The van der Waals surface area contributed by atoms with Crippen molar-refractivity contribution in [3.63, 3.8) is 0 Å². The Morgan fingerprint density at radius 3 is 2.80 bits per heavy atom. The molecule has 1 aromatic carbocycles. The Morgan fingerprint density at radius 2 is 2.07 bits per heavy atom. The van der Waals surface area contributed by atoms with Gasteiger partial charge in [-0.2, -0.15) is 4.98 Å². The van der Waals surface area contributed by atoms with Crippen LogP contribution < -0.4 is 21.1 Å². The highest BCUT2D eigenvalue weighted by Crippen LogP contribution is 2.31. The number of carbonyl (C=O) groups is 2. The first kappa shape index (κ1) is 20.1. The molecule has 2 aliphatic heterocycles. The maximum atomic E-state index is 13.0. The molecule has 2 aromatic rings. The summed E-state index contributed by atoms with van der Waals surface area (Å²) in [5.41, 5.74) is 2.51. The van der Waals surface area contributed by atoms with E-state index in [1.54, 1.807) is 0 Å². The van der Waals surface area contributed by atoms with E-state index in [2.05, 4.69) is 27.5 Å². The molecule has 3 heterocycles. The Morgan fingerprint density at radius 1 is 1.27 bits per heavy atom. The largest absolute Gasteiger partial charge is 0.342 e. The molecule has 0 unspecified atom stereocenters. The highest BCUT2D eigenvalue weighted by Gasteiger charge is 2.35. The minimum absolute atomic E-state index is 0.0887. The third kappa shape index (κ3) is 3.94. The molecule has 1 saturated heterocycles. The molecular weight excluding hydrogens is 382 g/mol. The molecule has 0 radical (unpaired) electrons. The molecule has 2 amide bonds. The van der Waals surface area contributed by atoms with Gasteiger partial charge in [-0.15, -0.1) is 0 Å². The summed E-state index contributed by atoms with van der Waals surface area (Å²) in [7, 11) is 0. The van der Waals surface area contributed by atoms with Crippen molar-refractivity contribution in [1.29, 1.82) is 0 Å². The van der Waals surface area contributed by atoms with Gasteiger partial charge < -0.3 is 15.5 Å². The Balaban J connectivity index is 1.65. The van der Waals surface area contributed by atoms with Gasteiger partial charge in [-0.05, 0) is 44.2 Å². The normalized spacial score (nSPS) is 21.0. The average molecular weight is 409 g/mol. The van der Waals surface area contributed by atoms with Gasteiger partial charge in [0.1, 0.15) is 5.82 Å². The number of anilines is 3. The summed E-state index contributed by atoms with van der Waals surface area (Å²) >= 11 is 0. The third-order valence-corrected chi connectivity index (χ3v) is 5.85. The summed E-state index contributed by atoms with van der Waals surface area (Å²) in [4.78, 5) is 47.6. The Labute approximate surface area is 175 Å². The summed E-state index contributed by atoms with van der Waals surface area (Å²) in [5.74, 6) is -0.458. The fraction of sp³-hybridized carbons (Fsp3) is 0.455. The van der Waals surface area contributed by atoms with Gasteiger partial charge in [-0.1, -0.05) is 24.6 Å². The van der Waals surface area contributed by atoms with Crippen LogP contribution in [0.2, 0.25) is 0 Å². The minimum Gasteiger partial charge on any atom is -0.342 e. The Kier molecular flexibility index (Phi) is 5.32. The first-order valence-electron chi connectivity index (χ1n) is 10.4. The zero-order valence-electron chi connectivity index (χ0n) is 17.5. The average Bonchev–Trinajstić information content (AvgIpc) is 2.69. The smallest absolute Gasteiger partial charge is 0.258 e. The van der Waals surface area contributed by atoms with Crippen LogP contribution in [-0.2, 0) is 9.59 Å². The Bertz CT molecular complexity index is 1060. The summed E-state index contributed by atoms with van der Waals surface area (Å²) in [6, 6.07) is 5.71. The Hall–Kier alpha value is -3.16. The van der Waals surface area contributed by atoms with Crippen LogP contribution in [0, 0.1) is 19.8 Å². The number of aryl methyl sites for hydroxylation is 2. The maximum absolute atomic E-state index is 13.0. The van der Waals surface area contributed by atoms with Gasteiger partial charge in [0.25, 0.3) is 5.56 Å². The second-order valence-electron chi connectivity index (χ2n) is 8.46. The molecular formula is C22H27N5O3. The predicted octanol–water partition coefficient (Wildman–Crippen LogP) is 2.69. The summed E-state index contributed by atoms with van der Waals surface area (Å²) in [6.07, 6.45) is 2.08. The number of rotatable bonds is 3. The van der Waals surface area contributed by atoms with Gasteiger partial charge in [0.05, 0.1) is 11.5 Å². The number of hydrogen-bond acceptors (Lipinski definition) is 5. The second-order valence-corrected chi connectivity index (χ2v) is 8.46. The first-order chi connectivity index (χ1) is 14.3. The highest BCUT2D eigenvalue weighted by atomic mass is 16.2. The van der Waals surface area contributed by atoms with Crippen molar-refractivity contribution in [1.82, 2.24) is 9.97 Å². The van der Waals surface area contributed by atoms with Crippen molar-refractivity contribution < 1.29 is 9.59 Å². The van der Waals surface area contributed by atoms with E-state index < -0.39 is 5.92 Å². The van der Waals surface area contributed by atoms with Crippen molar-refractivity contribution in [2.45, 2.75) is 46.0 Å². The van der Waals surface area contributed by atoms with Crippen molar-refractivity contribution in [3.05, 3.63) is 45.2 Å². The number of fused-ring (bicyclic) bond motifs is 1. The third-order valence-electron chi connectivity index (χ3n) is 5.85. The predicted molar refractivity (Wildman–Crippen MR) is 116 cm³/mol. The molecule has 158 valence electrons. The maximum Gasteiger partial charge on any atom is 0.258 e. The topological polar surface area (TPSA) is 107 Å². The molecule has 1 aromatic heterocycles. The van der Waals surface area contributed by atoms with E-state index in [0.29, 0.717) is 17.6 Å². The fourth-order valence-electron chi connectivity index (χ4n) is 4.29. The van der Waals surface area contributed by atoms with Crippen molar-refractivity contribution in [2.24, 2.45) is 5.92 Å². The van der Waals surface area contributed by atoms with Crippen LogP contribution in [0.3, 0.4) is 0 Å². The van der Waals surface area contributed by atoms with E-state index in [0.717, 1.165) is 37.1 Å². The lowest BCUT2D eigenvalue weighted by atomic mass is 9.92. The minimum atomic E-state index is -0.889. The van der Waals surface area contributed by atoms with E-state index >= 15 is 0 Å². The number of nitrogens with zero attached hydrogens (tertiary/aromatic N) is 2. The molecule has 1 fully saturated rings. The van der Waals surface area contributed by atoms with Crippen LogP contribution >= 0.6 is 0 Å². The van der Waals surface area contributed by atoms with Crippen LogP contribution in [0.1, 0.15) is 48.8 Å². The molecule has 2 aliphatic rings. The SMILES string of the molecule is Cc1ccc(NC(=O)[C@H]2CC(=O)Nc3nc(N4CCC[C@@H](C)C4)[nH]c(=O)c32)c(C)c1. The highest BCUT2D eigenvalue weighted by molar-refractivity contribution is 6.04. The second kappa shape index (κ2) is 7.93. The van der Waals surface area contributed by atoms with Crippen molar-refractivity contribution >= 4 is 29.3 Å². The van der Waals surface area contributed by atoms with E-state index in [1.165, 1.54) is 0 Å². The lowest BCUT2D eigenvalue weighted by Gasteiger charge is -2.32. The van der Waals surface area contributed by atoms with Gasteiger partial charge in [-0.25, -0.2) is 0 Å². The van der Waals surface area contributed by atoms with E-state index in [1.807, 2.05) is 36.9 Å². The summed E-state index contributed by atoms with van der Waals surface area (Å²) < 4.78 is 0. The molecule has 0 bridgehead atoms. The van der Waals surface area contributed by atoms with Crippen LogP contribution in [0.5, 0.6) is 0 Å². The number of piperidine rings is 1. The molecule has 8 heteroatoms. The van der Waals surface area contributed by atoms with Gasteiger partial charge in [0.15, 0.2) is 0 Å². The van der Waals surface area contributed by atoms with E-state index in [9.17, 15) is 14.4 Å². The molecule has 2 atom stereocenters. The van der Waals surface area contributed by atoms with Crippen LogP contribution in [-0.4, -0.2) is 34.9 Å². The molecule has 0 aliphatic carbocycles. The van der Waals surface area contributed by atoms with Crippen molar-refractivity contribution in [3.8, 4) is 0 Å². The van der Waals surface area contributed by atoms with Crippen LogP contribution in [0.4, 0.5) is 17.5 Å². The molecule has 3 N–H and O–H groups in total. The number of carbonyl (C=O) groups excluding carboxylic acids is 2. The zero-order valence-corrected chi connectivity index (χ0v) is 17.5. The quantitative estimate of drug-likeness (QED) is 0.723. The zero-order chi connectivity index (χ0) is 21.4. The number of amides is 2. The monoisotopic (exact) mass is 409 g/mol. The standard InChI is InChI=1S/C22H27N5O3/c1-12-6-7-16(14(3)9-12)23-20(29)15-10-17(28)24-19-18(15)21(30)26-22(25-19)27-8-4-5-13(2)11-27/h6-7,9,13,15H,4-5,8,10-11H2,1-3H3,(H,23,29)(H2,24,25,26,28,30)/t13-,15+/m1/s1. The number of hydrogen-bond donors (Lipinski definition) is 3. The summed E-state index contributed by atoms with van der Waals surface area (Å²) in [6.45, 7) is 7.65. The number of nitrogens with one attached hydrogen (secondary N) is 3. The van der Waals surface area contributed by atoms with Gasteiger partial charge in [-0.3, -0.25) is 19.4 Å². The van der Waals surface area contributed by atoms with Gasteiger partial charge >= 0.3 is 0 Å². The van der Waals surface area contributed by atoms with Crippen molar-refractivity contribution in [2.75, 3.05) is 28.6 Å². The number of H-pyrrole nitrogens is 1. The number of aromatic nitrogens is 2. The van der Waals surface area contributed by atoms with E-state index in [-0.39, 0.29) is 35.2 Å². The number of aromatic amines is 1. The summed E-state index contributed by atoms with van der Waals surface area (Å²) in [5, 5.41) is 5.55. The lowest BCUT2D eigenvalue weighted by molar-refractivity contribution is -0.123. The molecule has 8 nitrogen and oxygen atoms in total. The molecule has 0 spiro atoms. The first-order valence-corrected chi connectivity index (χ1v) is 10.4. The number of benzene rings is 1.